The summed E-state index contributed by atoms with van der Waals surface area (Å²) < 4.78 is 30.6. The number of ether oxygens (including phenoxy) is 3. The molecule has 0 aliphatic carbocycles. The molecule has 0 amide bonds. The Labute approximate surface area is 188 Å². The number of imidazole rings is 1. The van der Waals surface area contributed by atoms with Crippen molar-refractivity contribution in [1.82, 2.24) is 15.0 Å². The molecule has 6 rings (SSSR count). The van der Waals surface area contributed by atoms with Crippen molar-refractivity contribution in [3.05, 3.63) is 35.4 Å². The minimum absolute atomic E-state index is 0.237. The van der Waals surface area contributed by atoms with Gasteiger partial charge in [-0.05, 0) is 24.6 Å². The highest BCUT2D eigenvalue weighted by Crippen LogP contribution is 2.33. The lowest BCUT2D eigenvalue weighted by Crippen LogP contribution is -2.34. The van der Waals surface area contributed by atoms with E-state index in [0.717, 1.165) is 17.8 Å². The molecule has 2 aromatic heterocycles. The number of benzene rings is 1. The quantitative estimate of drug-likeness (QED) is 0.618. The molecule has 1 aromatic carbocycles. The SMILES string of the molecule is O[C@@H]1CO[C@H]2[C@@H]1OC[C@H]2Oc1nc2nc(-c3ccc(N4CC[C@@H](F)C4)cc3)c(Cl)cc2[nH]1. The molecule has 3 aliphatic heterocycles. The Balaban J connectivity index is 1.23. The average molecular weight is 461 g/mol. The molecule has 5 atom stereocenters. The minimum atomic E-state index is -0.767. The van der Waals surface area contributed by atoms with Crippen LogP contribution in [0, 0.1) is 0 Å². The number of pyridine rings is 1. The van der Waals surface area contributed by atoms with Crippen LogP contribution in [0.3, 0.4) is 0 Å². The largest absolute Gasteiger partial charge is 0.456 e. The van der Waals surface area contributed by atoms with E-state index in [1.54, 1.807) is 6.07 Å². The number of aliphatic hydroxyl groups excluding tert-OH is 1. The molecule has 3 aromatic rings. The van der Waals surface area contributed by atoms with Gasteiger partial charge in [-0.25, -0.2) is 9.37 Å². The predicted molar refractivity (Wildman–Crippen MR) is 116 cm³/mol. The Hall–Kier alpha value is -2.46. The summed E-state index contributed by atoms with van der Waals surface area (Å²) in [6.45, 7) is 1.70. The van der Waals surface area contributed by atoms with Crippen LogP contribution in [0.25, 0.3) is 22.4 Å². The molecule has 3 fully saturated rings. The summed E-state index contributed by atoms with van der Waals surface area (Å²) in [6.07, 6.45) is -1.90. The molecule has 10 heteroatoms. The summed E-state index contributed by atoms with van der Waals surface area (Å²) in [5.74, 6) is 0. The maximum atomic E-state index is 13.5. The van der Waals surface area contributed by atoms with Crippen LogP contribution in [0.1, 0.15) is 6.42 Å². The number of nitrogens with one attached hydrogen (secondary N) is 1. The Morgan fingerprint density at radius 2 is 1.97 bits per heavy atom. The highest BCUT2D eigenvalue weighted by atomic mass is 35.5. The Kier molecular flexibility index (Phi) is 4.94. The first kappa shape index (κ1) is 20.2. The van der Waals surface area contributed by atoms with E-state index in [-0.39, 0.29) is 24.9 Å². The number of anilines is 1. The number of aliphatic hydroxyl groups is 1. The number of aromatic amines is 1. The molecule has 0 unspecified atom stereocenters. The second-order valence-electron chi connectivity index (χ2n) is 8.43. The highest BCUT2D eigenvalue weighted by molar-refractivity contribution is 6.33. The van der Waals surface area contributed by atoms with Crippen molar-refractivity contribution in [2.24, 2.45) is 0 Å². The summed E-state index contributed by atoms with van der Waals surface area (Å²) in [5.41, 5.74) is 3.57. The van der Waals surface area contributed by atoms with Gasteiger partial charge in [0, 0.05) is 24.3 Å². The molecular weight excluding hydrogens is 439 g/mol. The van der Waals surface area contributed by atoms with Gasteiger partial charge in [0.25, 0.3) is 6.01 Å². The summed E-state index contributed by atoms with van der Waals surface area (Å²) in [5, 5.41) is 10.4. The summed E-state index contributed by atoms with van der Waals surface area (Å²) in [4.78, 5) is 14.2. The first-order valence-electron chi connectivity index (χ1n) is 10.7. The zero-order valence-corrected chi connectivity index (χ0v) is 17.8. The van der Waals surface area contributed by atoms with Gasteiger partial charge >= 0.3 is 0 Å². The number of alkyl halides is 1. The van der Waals surface area contributed by atoms with E-state index < -0.39 is 12.3 Å². The summed E-state index contributed by atoms with van der Waals surface area (Å²) in [7, 11) is 0. The lowest BCUT2D eigenvalue weighted by Gasteiger charge is -2.17. The number of hydrogen-bond acceptors (Lipinski definition) is 7. The zero-order valence-electron chi connectivity index (χ0n) is 17.1. The number of rotatable bonds is 4. The standard InChI is InChI=1S/C22H22ClFN4O4/c23-14-7-15-21(27-22(25-15)32-17-10-31-19-16(29)9-30-20(17)19)26-18(14)11-1-3-13(4-2-11)28-6-5-12(24)8-28/h1-4,7,12,16-17,19-20,29H,5-6,8-10H2,(H,25,26,27)/t12-,16-,17-,19-,20-/m1/s1. The zero-order chi connectivity index (χ0) is 21.8. The Morgan fingerprint density at radius 3 is 2.75 bits per heavy atom. The predicted octanol–water partition coefficient (Wildman–Crippen LogP) is 2.73. The van der Waals surface area contributed by atoms with Crippen LogP contribution in [0.4, 0.5) is 10.1 Å². The number of hydrogen-bond donors (Lipinski definition) is 2. The van der Waals surface area contributed by atoms with Gasteiger partial charge in [0.15, 0.2) is 11.8 Å². The lowest BCUT2D eigenvalue weighted by molar-refractivity contribution is 0.00706. The molecule has 2 N–H and O–H groups in total. The van der Waals surface area contributed by atoms with Crippen molar-refractivity contribution in [2.75, 3.05) is 31.2 Å². The van der Waals surface area contributed by atoms with E-state index in [9.17, 15) is 9.50 Å². The Bertz CT molecular complexity index is 1140. The van der Waals surface area contributed by atoms with E-state index in [2.05, 4.69) is 15.0 Å². The number of nitrogens with zero attached hydrogens (tertiary/aromatic N) is 3. The average Bonchev–Trinajstić information content (AvgIpc) is 3.55. The van der Waals surface area contributed by atoms with Crippen molar-refractivity contribution in [3.63, 3.8) is 0 Å². The molecular formula is C22H22ClFN4O4. The first-order valence-corrected chi connectivity index (χ1v) is 11.1. The number of aromatic nitrogens is 3. The van der Waals surface area contributed by atoms with E-state index in [4.69, 9.17) is 25.8 Å². The molecule has 3 aliphatic rings. The van der Waals surface area contributed by atoms with E-state index in [0.29, 0.717) is 47.5 Å². The van der Waals surface area contributed by atoms with Gasteiger partial charge in [-0.1, -0.05) is 23.7 Å². The van der Waals surface area contributed by atoms with Crippen molar-refractivity contribution < 1.29 is 23.7 Å². The number of H-pyrrole nitrogens is 1. The third kappa shape index (κ3) is 3.49. The highest BCUT2D eigenvalue weighted by Gasteiger charge is 2.48. The molecule has 5 heterocycles. The normalized spacial score (nSPS) is 29.7. The molecule has 168 valence electrons. The third-order valence-corrected chi connectivity index (χ3v) is 6.57. The van der Waals surface area contributed by atoms with Crippen LogP contribution in [-0.4, -0.2) is 76.9 Å². The summed E-state index contributed by atoms with van der Waals surface area (Å²) >= 11 is 6.51. The molecule has 0 spiro atoms. The monoisotopic (exact) mass is 460 g/mol. The van der Waals surface area contributed by atoms with Crippen molar-refractivity contribution >= 4 is 28.5 Å². The van der Waals surface area contributed by atoms with Gasteiger partial charge in [0.2, 0.25) is 0 Å². The van der Waals surface area contributed by atoms with Crippen LogP contribution < -0.4 is 9.64 Å². The van der Waals surface area contributed by atoms with E-state index in [1.165, 1.54) is 0 Å². The van der Waals surface area contributed by atoms with Gasteiger partial charge in [-0.15, -0.1) is 0 Å². The van der Waals surface area contributed by atoms with Gasteiger partial charge in [-0.3, -0.25) is 0 Å². The second kappa shape index (κ2) is 7.84. The topological polar surface area (TPSA) is 92.7 Å². The third-order valence-electron chi connectivity index (χ3n) is 6.29. The smallest absolute Gasteiger partial charge is 0.296 e. The fourth-order valence-corrected chi connectivity index (χ4v) is 4.89. The van der Waals surface area contributed by atoms with Gasteiger partial charge < -0.3 is 29.2 Å². The molecule has 0 bridgehead atoms. The molecule has 8 nitrogen and oxygen atoms in total. The number of halogens is 2. The number of fused-ring (bicyclic) bond motifs is 2. The van der Waals surface area contributed by atoms with Crippen molar-refractivity contribution in [2.45, 2.75) is 37.0 Å². The van der Waals surface area contributed by atoms with E-state index in [1.807, 2.05) is 29.2 Å². The molecule has 32 heavy (non-hydrogen) atoms. The van der Waals surface area contributed by atoms with Crippen LogP contribution in [0.5, 0.6) is 6.01 Å². The van der Waals surface area contributed by atoms with Crippen molar-refractivity contribution in [1.29, 1.82) is 0 Å². The lowest BCUT2D eigenvalue weighted by atomic mass is 10.1. The van der Waals surface area contributed by atoms with Crippen LogP contribution in [-0.2, 0) is 9.47 Å². The first-order chi connectivity index (χ1) is 15.5. The molecule has 0 radical (unpaired) electrons. The van der Waals surface area contributed by atoms with Crippen molar-refractivity contribution in [3.8, 4) is 17.3 Å². The Morgan fingerprint density at radius 1 is 1.16 bits per heavy atom. The molecule has 0 saturated carbocycles. The summed E-state index contributed by atoms with van der Waals surface area (Å²) in [6, 6.07) is 9.85. The maximum absolute atomic E-state index is 13.5. The second-order valence-corrected chi connectivity index (χ2v) is 8.84. The minimum Gasteiger partial charge on any atom is -0.456 e. The fourth-order valence-electron chi connectivity index (χ4n) is 4.62. The van der Waals surface area contributed by atoms with Crippen LogP contribution >= 0.6 is 11.6 Å². The van der Waals surface area contributed by atoms with Crippen LogP contribution in [0.15, 0.2) is 30.3 Å². The van der Waals surface area contributed by atoms with Crippen LogP contribution in [0.2, 0.25) is 5.02 Å². The van der Waals surface area contributed by atoms with E-state index >= 15 is 0 Å². The van der Waals surface area contributed by atoms with Gasteiger partial charge in [0.05, 0.1) is 29.4 Å². The fraction of sp³-hybridized carbons (Fsp3) is 0.455. The maximum Gasteiger partial charge on any atom is 0.296 e. The molecule has 3 saturated heterocycles. The van der Waals surface area contributed by atoms with Gasteiger partial charge in [-0.2, -0.15) is 4.98 Å². The van der Waals surface area contributed by atoms with Gasteiger partial charge in [0.1, 0.15) is 24.5 Å².